The Labute approximate surface area is 165 Å². The zero-order valence-corrected chi connectivity index (χ0v) is 15.7. The molecule has 2 N–H and O–H groups in total. The largest absolute Gasteiger partial charge is 0.493 e. The van der Waals surface area contributed by atoms with Crippen molar-refractivity contribution in [2.24, 2.45) is 0 Å². The van der Waals surface area contributed by atoms with Gasteiger partial charge in [0.1, 0.15) is 12.3 Å². The minimum Gasteiger partial charge on any atom is -0.493 e. The molecule has 0 bridgehead atoms. The van der Waals surface area contributed by atoms with Crippen LogP contribution in [0.4, 0.5) is 5.69 Å². The summed E-state index contributed by atoms with van der Waals surface area (Å²) in [6.07, 6.45) is 0.709. The van der Waals surface area contributed by atoms with Crippen LogP contribution in [0, 0.1) is 0 Å². The second-order valence-electron chi connectivity index (χ2n) is 6.54. The number of aliphatic carboxylic acids is 1. The van der Waals surface area contributed by atoms with E-state index in [0.29, 0.717) is 24.3 Å². The number of carboxylic acids is 1. The summed E-state index contributed by atoms with van der Waals surface area (Å²) in [4.78, 5) is 39.0. The standard InChI is InChI=1S/C20H18N2O5S/c23-17(10-22-14-3-1-2-4-16(14)28-11-18(22)24)21-19(20(25)26)13-5-6-15-12(9-13)7-8-27-15/h1-6,9,19H,7-8,10-11H2,(H,21,23)(H,25,26). The van der Waals surface area contributed by atoms with E-state index in [4.69, 9.17) is 4.74 Å². The van der Waals surface area contributed by atoms with Crippen LogP contribution in [0.15, 0.2) is 47.4 Å². The van der Waals surface area contributed by atoms with E-state index in [-0.39, 0.29) is 18.2 Å². The van der Waals surface area contributed by atoms with Crippen molar-refractivity contribution < 1.29 is 24.2 Å². The number of anilines is 1. The highest BCUT2D eigenvalue weighted by Gasteiger charge is 2.29. The number of benzene rings is 2. The Morgan fingerprint density at radius 3 is 2.89 bits per heavy atom. The van der Waals surface area contributed by atoms with Crippen molar-refractivity contribution in [3.8, 4) is 5.75 Å². The fourth-order valence-corrected chi connectivity index (χ4v) is 4.29. The molecule has 0 radical (unpaired) electrons. The molecule has 0 saturated carbocycles. The molecule has 2 amide bonds. The minimum absolute atomic E-state index is 0.180. The topological polar surface area (TPSA) is 95.9 Å². The van der Waals surface area contributed by atoms with Crippen LogP contribution >= 0.6 is 11.8 Å². The zero-order valence-electron chi connectivity index (χ0n) is 14.9. The number of rotatable bonds is 5. The van der Waals surface area contributed by atoms with Crippen LogP contribution in [0.5, 0.6) is 5.75 Å². The molecule has 2 aromatic rings. The van der Waals surface area contributed by atoms with Crippen LogP contribution in [0.25, 0.3) is 0 Å². The van der Waals surface area contributed by atoms with Crippen molar-refractivity contribution in [3.05, 3.63) is 53.6 Å². The van der Waals surface area contributed by atoms with Gasteiger partial charge in [0, 0.05) is 11.3 Å². The molecule has 0 aliphatic carbocycles. The van der Waals surface area contributed by atoms with Crippen LogP contribution in [0.1, 0.15) is 17.2 Å². The quantitative estimate of drug-likeness (QED) is 0.800. The van der Waals surface area contributed by atoms with Crippen molar-refractivity contribution in [1.82, 2.24) is 5.32 Å². The third kappa shape index (κ3) is 3.55. The number of hydrogen-bond acceptors (Lipinski definition) is 5. The van der Waals surface area contributed by atoms with Crippen molar-refractivity contribution in [1.29, 1.82) is 0 Å². The third-order valence-corrected chi connectivity index (χ3v) is 5.76. The Balaban J connectivity index is 1.52. The van der Waals surface area contributed by atoms with Crippen LogP contribution in [0.3, 0.4) is 0 Å². The van der Waals surface area contributed by atoms with Gasteiger partial charge in [-0.2, -0.15) is 0 Å². The predicted octanol–water partition coefficient (Wildman–Crippen LogP) is 2.00. The number of thioether (sulfide) groups is 1. The molecule has 0 saturated heterocycles. The fraction of sp³-hybridized carbons (Fsp3) is 0.250. The molecule has 0 fully saturated rings. The fourth-order valence-electron chi connectivity index (χ4n) is 3.35. The van der Waals surface area contributed by atoms with Crippen LogP contribution in [-0.4, -0.2) is 41.8 Å². The summed E-state index contributed by atoms with van der Waals surface area (Å²) in [5.41, 5.74) is 2.07. The van der Waals surface area contributed by atoms with E-state index in [1.807, 2.05) is 12.1 Å². The van der Waals surface area contributed by atoms with E-state index < -0.39 is 17.9 Å². The lowest BCUT2D eigenvalue weighted by atomic mass is 10.0. The van der Waals surface area contributed by atoms with Gasteiger partial charge < -0.3 is 20.1 Å². The molecule has 4 rings (SSSR count). The van der Waals surface area contributed by atoms with Gasteiger partial charge >= 0.3 is 5.97 Å². The molecule has 144 valence electrons. The number of fused-ring (bicyclic) bond motifs is 2. The summed E-state index contributed by atoms with van der Waals surface area (Å²) < 4.78 is 5.44. The minimum atomic E-state index is -1.19. The molecule has 2 aliphatic rings. The molecular formula is C20H18N2O5S. The molecule has 2 heterocycles. The smallest absolute Gasteiger partial charge is 0.330 e. The summed E-state index contributed by atoms with van der Waals surface area (Å²) in [7, 11) is 0. The number of para-hydroxylation sites is 1. The average molecular weight is 398 g/mol. The number of amides is 2. The van der Waals surface area contributed by atoms with Crippen LogP contribution in [-0.2, 0) is 20.8 Å². The monoisotopic (exact) mass is 398 g/mol. The zero-order chi connectivity index (χ0) is 19.7. The van der Waals surface area contributed by atoms with Gasteiger partial charge in [-0.15, -0.1) is 11.8 Å². The SMILES string of the molecule is O=C(CN1C(=O)CSc2ccccc21)NC(C(=O)O)c1ccc2c(c1)CCO2. The molecule has 28 heavy (non-hydrogen) atoms. The second kappa shape index (κ2) is 7.55. The summed E-state index contributed by atoms with van der Waals surface area (Å²) in [6, 6.07) is 11.3. The molecule has 2 aromatic carbocycles. The Morgan fingerprint density at radius 1 is 1.25 bits per heavy atom. The highest BCUT2D eigenvalue weighted by atomic mass is 32.2. The van der Waals surface area contributed by atoms with Gasteiger partial charge in [0.2, 0.25) is 11.8 Å². The van der Waals surface area contributed by atoms with Gasteiger partial charge in [-0.3, -0.25) is 9.59 Å². The molecular weight excluding hydrogens is 380 g/mol. The molecule has 1 atom stereocenters. The number of carbonyl (C=O) groups excluding carboxylic acids is 2. The Kier molecular flexibility index (Phi) is 4.95. The number of carbonyl (C=O) groups is 3. The number of ether oxygens (including phenoxy) is 1. The molecule has 7 nitrogen and oxygen atoms in total. The first-order valence-corrected chi connectivity index (χ1v) is 9.81. The number of nitrogens with zero attached hydrogens (tertiary/aromatic N) is 1. The summed E-state index contributed by atoms with van der Waals surface area (Å²) in [5.74, 6) is -0.878. The van der Waals surface area contributed by atoms with Crippen molar-refractivity contribution in [3.63, 3.8) is 0 Å². The normalized spacial score (nSPS) is 16.0. The van der Waals surface area contributed by atoms with E-state index in [1.54, 1.807) is 30.3 Å². The first-order chi connectivity index (χ1) is 13.5. The Hall–Kier alpha value is -3.00. The van der Waals surface area contributed by atoms with Crippen molar-refractivity contribution in [2.45, 2.75) is 17.4 Å². The van der Waals surface area contributed by atoms with E-state index >= 15 is 0 Å². The maximum absolute atomic E-state index is 12.6. The summed E-state index contributed by atoms with van der Waals surface area (Å²) >= 11 is 1.43. The Bertz CT molecular complexity index is 961. The lowest BCUT2D eigenvalue weighted by molar-refractivity contribution is -0.141. The molecule has 2 aliphatic heterocycles. The molecule has 0 spiro atoms. The predicted molar refractivity (Wildman–Crippen MR) is 104 cm³/mol. The molecule has 1 unspecified atom stereocenters. The molecule has 8 heteroatoms. The van der Waals surface area contributed by atoms with Gasteiger partial charge in [0.25, 0.3) is 0 Å². The van der Waals surface area contributed by atoms with Gasteiger partial charge in [0.15, 0.2) is 6.04 Å². The van der Waals surface area contributed by atoms with Gasteiger partial charge in [0.05, 0.1) is 18.0 Å². The summed E-state index contributed by atoms with van der Waals surface area (Å²) in [5, 5.41) is 12.2. The van der Waals surface area contributed by atoms with E-state index in [0.717, 1.165) is 16.2 Å². The number of hydrogen-bond donors (Lipinski definition) is 2. The lowest BCUT2D eigenvalue weighted by Gasteiger charge is -2.28. The number of nitrogens with one attached hydrogen (secondary N) is 1. The maximum atomic E-state index is 12.6. The summed E-state index contributed by atoms with van der Waals surface area (Å²) in [6.45, 7) is 0.339. The number of carboxylic acid groups (broad SMARTS) is 1. The highest BCUT2D eigenvalue weighted by Crippen LogP contribution is 2.34. The first-order valence-electron chi connectivity index (χ1n) is 8.83. The van der Waals surface area contributed by atoms with Gasteiger partial charge in [-0.1, -0.05) is 18.2 Å². The maximum Gasteiger partial charge on any atom is 0.330 e. The van der Waals surface area contributed by atoms with E-state index in [1.165, 1.54) is 16.7 Å². The van der Waals surface area contributed by atoms with Crippen molar-refractivity contribution >= 4 is 35.2 Å². The van der Waals surface area contributed by atoms with Crippen LogP contribution in [0.2, 0.25) is 0 Å². The van der Waals surface area contributed by atoms with Gasteiger partial charge in [-0.05, 0) is 35.4 Å². The van der Waals surface area contributed by atoms with Crippen LogP contribution < -0.4 is 15.0 Å². The van der Waals surface area contributed by atoms with Crippen molar-refractivity contribution in [2.75, 3.05) is 23.8 Å². The van der Waals surface area contributed by atoms with E-state index in [9.17, 15) is 19.5 Å². The molecule has 0 aromatic heterocycles. The first kappa shape index (κ1) is 18.4. The highest BCUT2D eigenvalue weighted by molar-refractivity contribution is 8.00. The third-order valence-electron chi connectivity index (χ3n) is 4.71. The van der Waals surface area contributed by atoms with Gasteiger partial charge in [-0.25, -0.2) is 4.79 Å². The van der Waals surface area contributed by atoms with E-state index in [2.05, 4.69) is 5.32 Å². The Morgan fingerprint density at radius 2 is 2.07 bits per heavy atom. The second-order valence-corrected chi connectivity index (χ2v) is 7.56. The average Bonchev–Trinajstić information content (AvgIpc) is 3.16. The lowest BCUT2D eigenvalue weighted by Crippen LogP contribution is -2.45.